The number of ether oxygens (including phenoxy) is 1. The van der Waals surface area contributed by atoms with Crippen LogP contribution in [0.1, 0.15) is 24.0 Å². The number of benzene rings is 1. The number of carbonyl (C=O) groups excluding carboxylic acids is 2. The molecule has 0 unspecified atom stereocenters. The van der Waals surface area contributed by atoms with Gasteiger partial charge in [0.05, 0.1) is 19.1 Å². The Bertz CT molecular complexity index is 522. The van der Waals surface area contributed by atoms with Crippen LogP contribution in [-0.4, -0.2) is 43.0 Å². The van der Waals surface area contributed by atoms with Gasteiger partial charge < -0.3 is 15.0 Å². The van der Waals surface area contributed by atoms with Crippen LogP contribution in [0.4, 0.5) is 0 Å². The molecule has 5 heteroatoms. The van der Waals surface area contributed by atoms with Crippen molar-refractivity contribution in [2.75, 3.05) is 20.2 Å². The average Bonchev–Trinajstić information content (AvgIpc) is 2.66. The van der Waals surface area contributed by atoms with Crippen LogP contribution < -0.4 is 10.1 Å². The van der Waals surface area contributed by atoms with Crippen LogP contribution in [0.3, 0.4) is 0 Å². The zero-order valence-electron chi connectivity index (χ0n) is 12.8. The fourth-order valence-corrected chi connectivity index (χ4v) is 2.54. The highest BCUT2D eigenvalue weighted by Gasteiger charge is 2.27. The van der Waals surface area contributed by atoms with Crippen molar-refractivity contribution in [3.05, 3.63) is 29.3 Å². The number of aryl methyl sites for hydroxylation is 2. The maximum Gasteiger partial charge on any atom is 0.224 e. The quantitative estimate of drug-likeness (QED) is 0.892. The van der Waals surface area contributed by atoms with Gasteiger partial charge in [-0.1, -0.05) is 6.07 Å². The molecule has 2 amide bonds. The van der Waals surface area contributed by atoms with E-state index in [1.165, 1.54) is 0 Å². The van der Waals surface area contributed by atoms with E-state index in [1.54, 1.807) is 11.9 Å². The van der Waals surface area contributed by atoms with E-state index in [0.29, 0.717) is 26.0 Å². The van der Waals surface area contributed by atoms with Crippen LogP contribution in [0.15, 0.2) is 18.2 Å². The largest absolute Gasteiger partial charge is 0.493 e. The Labute approximate surface area is 125 Å². The van der Waals surface area contributed by atoms with Crippen molar-refractivity contribution < 1.29 is 14.3 Å². The van der Waals surface area contributed by atoms with E-state index < -0.39 is 0 Å². The lowest BCUT2D eigenvalue weighted by Crippen LogP contribution is -2.37. The Morgan fingerprint density at radius 2 is 2.00 bits per heavy atom. The van der Waals surface area contributed by atoms with Gasteiger partial charge in [0.1, 0.15) is 5.75 Å². The maximum atomic E-state index is 11.8. The van der Waals surface area contributed by atoms with Gasteiger partial charge in [-0.05, 0) is 37.1 Å². The number of rotatable bonds is 5. The van der Waals surface area contributed by atoms with E-state index in [0.717, 1.165) is 16.9 Å². The van der Waals surface area contributed by atoms with Gasteiger partial charge in [-0.25, -0.2) is 0 Å². The summed E-state index contributed by atoms with van der Waals surface area (Å²) < 4.78 is 5.61. The number of nitrogens with one attached hydrogen (secondary N) is 1. The number of hydrogen-bond acceptors (Lipinski definition) is 3. The van der Waals surface area contributed by atoms with Crippen LogP contribution in [0, 0.1) is 13.8 Å². The van der Waals surface area contributed by atoms with Crippen LogP contribution in [-0.2, 0) is 9.59 Å². The summed E-state index contributed by atoms with van der Waals surface area (Å²) in [6.45, 7) is 4.95. The van der Waals surface area contributed by atoms with E-state index >= 15 is 0 Å². The summed E-state index contributed by atoms with van der Waals surface area (Å²) in [6, 6.07) is 5.91. The average molecular weight is 290 g/mol. The monoisotopic (exact) mass is 290 g/mol. The summed E-state index contributed by atoms with van der Waals surface area (Å²) in [5.74, 6) is 0.787. The molecule has 1 fully saturated rings. The first-order valence-corrected chi connectivity index (χ1v) is 7.18. The van der Waals surface area contributed by atoms with Gasteiger partial charge in [-0.3, -0.25) is 9.59 Å². The van der Waals surface area contributed by atoms with Crippen molar-refractivity contribution in [2.24, 2.45) is 0 Å². The van der Waals surface area contributed by atoms with Crippen LogP contribution in [0.25, 0.3) is 0 Å². The zero-order valence-corrected chi connectivity index (χ0v) is 12.8. The molecule has 0 radical (unpaired) electrons. The Balaban J connectivity index is 1.73. The molecular formula is C16H22N2O3. The van der Waals surface area contributed by atoms with E-state index in [9.17, 15) is 9.59 Å². The number of likely N-dealkylation sites (tertiary alicyclic amines) is 1. The van der Waals surface area contributed by atoms with Gasteiger partial charge in [-0.15, -0.1) is 0 Å². The number of hydrogen-bond donors (Lipinski definition) is 1. The van der Waals surface area contributed by atoms with Crippen molar-refractivity contribution >= 4 is 11.8 Å². The van der Waals surface area contributed by atoms with Crippen molar-refractivity contribution in [3.63, 3.8) is 0 Å². The van der Waals surface area contributed by atoms with Crippen molar-refractivity contribution in [3.8, 4) is 5.75 Å². The summed E-state index contributed by atoms with van der Waals surface area (Å²) in [6.07, 6.45) is 0.682. The standard InChI is InChI=1S/C16H22N2O3/c1-11-6-12(2)8-14(7-11)21-5-4-15(19)17-13-9-16(20)18(3)10-13/h6-8,13H,4-5,9-10H2,1-3H3,(H,17,19)/t13-/m0/s1. The highest BCUT2D eigenvalue weighted by atomic mass is 16.5. The molecule has 1 aromatic rings. The van der Waals surface area contributed by atoms with Gasteiger partial charge >= 0.3 is 0 Å². The first kappa shape index (κ1) is 15.4. The molecule has 0 aliphatic carbocycles. The molecule has 2 rings (SSSR count). The highest BCUT2D eigenvalue weighted by molar-refractivity contribution is 5.82. The fourth-order valence-electron chi connectivity index (χ4n) is 2.54. The molecule has 1 aliphatic rings. The Morgan fingerprint density at radius 3 is 2.57 bits per heavy atom. The molecule has 1 N–H and O–H groups in total. The third kappa shape index (κ3) is 4.48. The Hall–Kier alpha value is -2.04. The Kier molecular flexibility index (Phi) is 4.83. The molecule has 0 aromatic heterocycles. The summed E-state index contributed by atoms with van der Waals surface area (Å²) in [7, 11) is 1.75. The van der Waals surface area contributed by atoms with Gasteiger partial charge in [-0.2, -0.15) is 0 Å². The predicted octanol–water partition coefficient (Wildman–Crippen LogP) is 1.42. The molecule has 5 nitrogen and oxygen atoms in total. The second-order valence-corrected chi connectivity index (χ2v) is 5.66. The normalized spacial score (nSPS) is 18.0. The van der Waals surface area contributed by atoms with E-state index in [-0.39, 0.29) is 17.9 Å². The lowest BCUT2D eigenvalue weighted by Gasteiger charge is -2.13. The minimum atomic E-state index is -0.0764. The molecular weight excluding hydrogens is 268 g/mol. The molecule has 1 saturated heterocycles. The first-order valence-electron chi connectivity index (χ1n) is 7.18. The van der Waals surface area contributed by atoms with Crippen molar-refractivity contribution in [2.45, 2.75) is 32.7 Å². The number of nitrogens with zero attached hydrogens (tertiary/aromatic N) is 1. The lowest BCUT2D eigenvalue weighted by molar-refractivity contribution is -0.126. The molecule has 0 saturated carbocycles. The third-order valence-electron chi connectivity index (χ3n) is 3.50. The SMILES string of the molecule is Cc1cc(C)cc(OCCC(=O)N[C@H]2CC(=O)N(C)C2)c1. The molecule has 21 heavy (non-hydrogen) atoms. The first-order chi connectivity index (χ1) is 9.94. The minimum Gasteiger partial charge on any atom is -0.493 e. The van der Waals surface area contributed by atoms with Crippen LogP contribution >= 0.6 is 0 Å². The minimum absolute atomic E-state index is 0.0729. The number of carbonyl (C=O) groups is 2. The summed E-state index contributed by atoms with van der Waals surface area (Å²) in [5.41, 5.74) is 2.28. The van der Waals surface area contributed by atoms with Gasteiger partial charge in [0, 0.05) is 20.0 Å². The summed E-state index contributed by atoms with van der Waals surface area (Å²) in [4.78, 5) is 24.8. The van der Waals surface area contributed by atoms with Crippen LogP contribution in [0.2, 0.25) is 0 Å². The second-order valence-electron chi connectivity index (χ2n) is 5.66. The van der Waals surface area contributed by atoms with Crippen molar-refractivity contribution in [1.82, 2.24) is 10.2 Å². The van der Waals surface area contributed by atoms with Crippen LogP contribution in [0.5, 0.6) is 5.75 Å². The van der Waals surface area contributed by atoms with Gasteiger partial charge in [0.2, 0.25) is 11.8 Å². The zero-order chi connectivity index (χ0) is 15.4. The molecule has 114 valence electrons. The number of amides is 2. The van der Waals surface area contributed by atoms with Gasteiger partial charge in [0.15, 0.2) is 0 Å². The molecule has 1 aromatic carbocycles. The maximum absolute atomic E-state index is 11.8. The fraction of sp³-hybridized carbons (Fsp3) is 0.500. The third-order valence-corrected chi connectivity index (χ3v) is 3.50. The Morgan fingerprint density at radius 1 is 1.33 bits per heavy atom. The van der Waals surface area contributed by atoms with E-state index in [1.807, 2.05) is 26.0 Å². The second kappa shape index (κ2) is 6.61. The lowest BCUT2D eigenvalue weighted by atomic mass is 10.1. The molecule has 1 aliphatic heterocycles. The van der Waals surface area contributed by atoms with E-state index in [2.05, 4.69) is 11.4 Å². The molecule has 1 atom stereocenters. The van der Waals surface area contributed by atoms with Crippen molar-refractivity contribution in [1.29, 1.82) is 0 Å². The molecule has 1 heterocycles. The molecule has 0 spiro atoms. The summed E-state index contributed by atoms with van der Waals surface area (Å²) >= 11 is 0. The topological polar surface area (TPSA) is 58.6 Å². The van der Waals surface area contributed by atoms with E-state index in [4.69, 9.17) is 4.74 Å². The predicted molar refractivity (Wildman–Crippen MR) is 80.2 cm³/mol. The summed E-state index contributed by atoms with van der Waals surface area (Å²) in [5, 5.41) is 2.87. The van der Waals surface area contributed by atoms with Gasteiger partial charge in [0.25, 0.3) is 0 Å². The highest BCUT2D eigenvalue weighted by Crippen LogP contribution is 2.16. The smallest absolute Gasteiger partial charge is 0.224 e. The number of likely N-dealkylation sites (N-methyl/N-ethyl adjacent to an activating group) is 1. The molecule has 0 bridgehead atoms.